The van der Waals surface area contributed by atoms with E-state index in [-0.39, 0.29) is 6.04 Å². The van der Waals surface area contributed by atoms with E-state index in [1.54, 1.807) is 6.92 Å². The number of aliphatic hydroxyl groups excluding tert-OH is 1. The van der Waals surface area contributed by atoms with E-state index in [0.29, 0.717) is 0 Å². The summed E-state index contributed by atoms with van der Waals surface area (Å²) in [5.74, 6) is 0. The van der Waals surface area contributed by atoms with Gasteiger partial charge < -0.3 is 10.8 Å². The molecule has 19 heavy (non-hydrogen) atoms. The first-order valence-electron chi connectivity index (χ1n) is 6.61. The third kappa shape index (κ3) is 2.55. The molecule has 0 spiro atoms. The van der Waals surface area contributed by atoms with Crippen molar-refractivity contribution in [3.8, 4) is 0 Å². The summed E-state index contributed by atoms with van der Waals surface area (Å²) in [6.07, 6.45) is -0.578. The molecule has 0 aliphatic rings. The van der Waals surface area contributed by atoms with Gasteiger partial charge in [0.05, 0.1) is 6.10 Å². The van der Waals surface area contributed by atoms with Gasteiger partial charge >= 0.3 is 0 Å². The Morgan fingerprint density at radius 1 is 0.895 bits per heavy atom. The minimum atomic E-state index is -0.578. The monoisotopic (exact) mass is 255 g/mol. The molecule has 0 saturated carbocycles. The predicted octanol–water partition coefficient (Wildman–Crippen LogP) is 2.70. The van der Waals surface area contributed by atoms with E-state index in [1.807, 2.05) is 36.4 Å². The maximum absolute atomic E-state index is 9.95. The van der Waals surface area contributed by atoms with Gasteiger partial charge in [0.1, 0.15) is 0 Å². The van der Waals surface area contributed by atoms with Crippen molar-refractivity contribution < 1.29 is 5.11 Å². The maximum Gasteiger partial charge on any atom is 0.0674 e. The van der Waals surface area contributed by atoms with Crippen LogP contribution < -0.4 is 5.73 Å². The van der Waals surface area contributed by atoms with Crippen LogP contribution >= 0.6 is 0 Å². The highest BCUT2D eigenvalue weighted by atomic mass is 16.3. The zero-order valence-corrected chi connectivity index (χ0v) is 11.5. The Kier molecular flexibility index (Phi) is 4.03. The largest absolute Gasteiger partial charge is 0.392 e. The second kappa shape index (κ2) is 5.55. The second-order valence-electron chi connectivity index (χ2n) is 5.20. The lowest BCUT2D eigenvalue weighted by molar-refractivity contribution is 0.135. The van der Waals surface area contributed by atoms with Gasteiger partial charge in [-0.15, -0.1) is 0 Å². The van der Waals surface area contributed by atoms with Gasteiger partial charge in [-0.1, -0.05) is 60.7 Å². The molecule has 0 aromatic heterocycles. The van der Waals surface area contributed by atoms with E-state index >= 15 is 0 Å². The van der Waals surface area contributed by atoms with Crippen LogP contribution in [-0.4, -0.2) is 17.3 Å². The molecule has 2 unspecified atom stereocenters. The van der Waals surface area contributed by atoms with Crippen molar-refractivity contribution in [1.29, 1.82) is 0 Å². The van der Waals surface area contributed by atoms with Crippen molar-refractivity contribution in [2.75, 3.05) is 0 Å². The fourth-order valence-corrected chi connectivity index (χ4v) is 2.60. The Morgan fingerprint density at radius 3 is 1.58 bits per heavy atom. The fraction of sp³-hybridized carbons (Fsp3) is 0.294. The highest BCUT2D eigenvalue weighted by Gasteiger charge is 2.37. The number of hydrogen-bond donors (Lipinski definition) is 2. The fourth-order valence-electron chi connectivity index (χ4n) is 2.60. The zero-order valence-electron chi connectivity index (χ0n) is 11.5. The molecule has 2 atom stereocenters. The molecule has 0 radical (unpaired) electrons. The quantitative estimate of drug-likeness (QED) is 0.882. The Labute approximate surface area is 114 Å². The SMILES string of the molecule is CC(O)C(N)C(C)(c1ccccc1)c1ccccc1. The third-order valence-corrected chi connectivity index (χ3v) is 3.93. The number of hydrogen-bond acceptors (Lipinski definition) is 2. The van der Waals surface area contributed by atoms with Crippen molar-refractivity contribution in [1.82, 2.24) is 0 Å². The summed E-state index contributed by atoms with van der Waals surface area (Å²) in [7, 11) is 0. The van der Waals surface area contributed by atoms with E-state index in [1.165, 1.54) is 0 Å². The molecule has 2 aromatic carbocycles. The molecule has 0 fully saturated rings. The van der Waals surface area contributed by atoms with Crippen LogP contribution in [-0.2, 0) is 5.41 Å². The van der Waals surface area contributed by atoms with Gasteiger partial charge in [0, 0.05) is 11.5 Å². The average molecular weight is 255 g/mol. The maximum atomic E-state index is 9.95. The van der Waals surface area contributed by atoms with Gasteiger partial charge in [-0.2, -0.15) is 0 Å². The van der Waals surface area contributed by atoms with E-state index in [4.69, 9.17) is 5.73 Å². The molecule has 2 rings (SSSR count). The zero-order chi connectivity index (χ0) is 13.9. The topological polar surface area (TPSA) is 46.2 Å². The molecule has 0 saturated heterocycles. The molecule has 0 aliphatic heterocycles. The van der Waals surface area contributed by atoms with Crippen molar-refractivity contribution in [3.05, 3.63) is 71.8 Å². The lowest BCUT2D eigenvalue weighted by Gasteiger charge is -2.38. The highest BCUT2D eigenvalue weighted by Crippen LogP contribution is 2.35. The van der Waals surface area contributed by atoms with Crippen LogP contribution in [0.3, 0.4) is 0 Å². The van der Waals surface area contributed by atoms with Crippen LogP contribution in [0.5, 0.6) is 0 Å². The van der Waals surface area contributed by atoms with Crippen LogP contribution in [0.25, 0.3) is 0 Å². The summed E-state index contributed by atoms with van der Waals surface area (Å²) in [5, 5.41) is 9.95. The molecular weight excluding hydrogens is 234 g/mol. The second-order valence-corrected chi connectivity index (χ2v) is 5.20. The van der Waals surface area contributed by atoms with E-state index in [2.05, 4.69) is 31.2 Å². The Bertz CT molecular complexity index is 468. The lowest BCUT2D eigenvalue weighted by Crippen LogP contribution is -2.50. The standard InChI is InChI=1S/C17H21NO/c1-13(19)16(18)17(2,14-9-5-3-6-10-14)15-11-7-4-8-12-15/h3-13,16,19H,18H2,1-2H3. The minimum Gasteiger partial charge on any atom is -0.392 e. The summed E-state index contributed by atoms with van der Waals surface area (Å²) in [6.45, 7) is 3.84. The van der Waals surface area contributed by atoms with Crippen molar-refractivity contribution >= 4 is 0 Å². The van der Waals surface area contributed by atoms with Gasteiger partial charge in [0.15, 0.2) is 0 Å². The van der Waals surface area contributed by atoms with Crippen LogP contribution in [0, 0.1) is 0 Å². The lowest BCUT2D eigenvalue weighted by atomic mass is 9.69. The first-order chi connectivity index (χ1) is 9.06. The molecular formula is C17H21NO. The van der Waals surface area contributed by atoms with E-state index < -0.39 is 11.5 Å². The van der Waals surface area contributed by atoms with Crippen molar-refractivity contribution in [2.24, 2.45) is 5.73 Å². The predicted molar refractivity (Wildman–Crippen MR) is 79.0 cm³/mol. The summed E-state index contributed by atoms with van der Waals surface area (Å²) < 4.78 is 0. The van der Waals surface area contributed by atoms with Crippen LogP contribution in [0.4, 0.5) is 0 Å². The van der Waals surface area contributed by atoms with E-state index in [0.717, 1.165) is 11.1 Å². The van der Waals surface area contributed by atoms with Gasteiger partial charge in [0.25, 0.3) is 0 Å². The van der Waals surface area contributed by atoms with Crippen LogP contribution in [0.15, 0.2) is 60.7 Å². The number of aliphatic hydroxyl groups is 1. The molecule has 100 valence electrons. The molecule has 0 aliphatic carbocycles. The van der Waals surface area contributed by atoms with Gasteiger partial charge in [-0.05, 0) is 25.0 Å². The average Bonchev–Trinajstić information content (AvgIpc) is 2.47. The highest BCUT2D eigenvalue weighted by molar-refractivity contribution is 5.40. The summed E-state index contributed by atoms with van der Waals surface area (Å²) in [5.41, 5.74) is 8.14. The van der Waals surface area contributed by atoms with Crippen molar-refractivity contribution in [2.45, 2.75) is 31.4 Å². The first kappa shape index (κ1) is 13.8. The van der Waals surface area contributed by atoms with Crippen LogP contribution in [0.1, 0.15) is 25.0 Å². The Hall–Kier alpha value is -1.64. The number of benzene rings is 2. The normalized spacial score (nSPS) is 14.9. The molecule has 2 aromatic rings. The first-order valence-corrected chi connectivity index (χ1v) is 6.61. The summed E-state index contributed by atoms with van der Waals surface area (Å²) in [4.78, 5) is 0. The summed E-state index contributed by atoms with van der Waals surface area (Å²) >= 11 is 0. The molecule has 2 nitrogen and oxygen atoms in total. The summed E-state index contributed by atoms with van der Waals surface area (Å²) in [6, 6.07) is 19.9. The molecule has 0 bridgehead atoms. The Morgan fingerprint density at radius 2 is 1.26 bits per heavy atom. The number of nitrogens with two attached hydrogens (primary N) is 1. The van der Waals surface area contributed by atoms with Gasteiger partial charge in [-0.3, -0.25) is 0 Å². The molecule has 2 heteroatoms. The van der Waals surface area contributed by atoms with E-state index in [9.17, 15) is 5.11 Å². The van der Waals surface area contributed by atoms with Gasteiger partial charge in [-0.25, -0.2) is 0 Å². The molecule has 0 heterocycles. The van der Waals surface area contributed by atoms with Crippen LogP contribution in [0.2, 0.25) is 0 Å². The van der Waals surface area contributed by atoms with Gasteiger partial charge in [0.2, 0.25) is 0 Å². The van der Waals surface area contributed by atoms with Crippen molar-refractivity contribution in [3.63, 3.8) is 0 Å². The third-order valence-electron chi connectivity index (χ3n) is 3.93. The molecule has 3 N–H and O–H groups in total. The smallest absolute Gasteiger partial charge is 0.0674 e. The minimum absolute atomic E-state index is 0.364. The molecule has 0 amide bonds. The number of rotatable bonds is 4. The Balaban J connectivity index is 2.57.